The molecule has 0 spiro atoms. The van der Waals surface area contributed by atoms with Gasteiger partial charge < -0.3 is 19.5 Å². The lowest BCUT2D eigenvalue weighted by Gasteiger charge is -2.32. The lowest BCUT2D eigenvalue weighted by molar-refractivity contribution is -0.125. The van der Waals surface area contributed by atoms with E-state index in [1.165, 1.54) is 12.1 Å². The largest absolute Gasteiger partial charge is 0.494 e. The van der Waals surface area contributed by atoms with Crippen molar-refractivity contribution >= 4 is 22.9 Å². The zero-order valence-corrected chi connectivity index (χ0v) is 20.5. The molecule has 3 aromatic carbocycles. The van der Waals surface area contributed by atoms with Gasteiger partial charge in [0.1, 0.15) is 11.6 Å². The Labute approximate surface area is 210 Å². The van der Waals surface area contributed by atoms with Crippen molar-refractivity contribution in [1.29, 1.82) is 0 Å². The highest BCUT2D eigenvalue weighted by Crippen LogP contribution is 2.28. The number of para-hydroxylation sites is 3. The minimum Gasteiger partial charge on any atom is -0.494 e. The highest BCUT2D eigenvalue weighted by Gasteiger charge is 2.27. The monoisotopic (exact) mass is 486 g/mol. The minimum atomic E-state index is -0.240. The fourth-order valence-corrected chi connectivity index (χ4v) is 4.85. The highest BCUT2D eigenvalue weighted by molar-refractivity contribution is 5.80. The highest BCUT2D eigenvalue weighted by atomic mass is 19.1. The molecule has 1 aromatic heterocycles. The number of anilines is 1. The molecular weight excluding hydrogens is 455 g/mol. The van der Waals surface area contributed by atoms with Gasteiger partial charge in [0.25, 0.3) is 0 Å². The van der Waals surface area contributed by atoms with Crippen LogP contribution in [0.2, 0.25) is 0 Å². The first-order chi connectivity index (χ1) is 17.6. The molecule has 5 rings (SSSR count). The number of imidazole rings is 1. The number of benzene rings is 3. The van der Waals surface area contributed by atoms with Gasteiger partial charge in [-0.15, -0.1) is 0 Å². The smallest absolute Gasteiger partial charge is 0.223 e. The Bertz CT molecular complexity index is 1330. The van der Waals surface area contributed by atoms with Crippen molar-refractivity contribution in [3.8, 4) is 5.75 Å². The van der Waals surface area contributed by atoms with Crippen molar-refractivity contribution in [2.24, 2.45) is 5.92 Å². The van der Waals surface area contributed by atoms with Crippen LogP contribution in [0.1, 0.15) is 30.9 Å². The molecule has 1 aliphatic rings. The zero-order valence-electron chi connectivity index (χ0n) is 20.5. The van der Waals surface area contributed by atoms with Crippen molar-refractivity contribution in [1.82, 2.24) is 14.9 Å². The van der Waals surface area contributed by atoms with Gasteiger partial charge in [-0.3, -0.25) is 4.79 Å². The van der Waals surface area contributed by atoms with Gasteiger partial charge in [0, 0.05) is 31.1 Å². The van der Waals surface area contributed by atoms with E-state index < -0.39 is 0 Å². The fourth-order valence-electron chi connectivity index (χ4n) is 4.85. The molecule has 1 fully saturated rings. The molecule has 0 radical (unpaired) electrons. The van der Waals surface area contributed by atoms with Gasteiger partial charge in [-0.25, -0.2) is 9.37 Å². The average molecular weight is 487 g/mol. The second-order valence-corrected chi connectivity index (χ2v) is 9.13. The van der Waals surface area contributed by atoms with E-state index in [-0.39, 0.29) is 17.6 Å². The predicted octanol–water partition coefficient (Wildman–Crippen LogP) is 5.16. The van der Waals surface area contributed by atoms with Crippen LogP contribution in [0.15, 0.2) is 72.8 Å². The topological polar surface area (TPSA) is 59.4 Å². The fraction of sp³-hybridized carbons (Fsp3) is 0.310. The van der Waals surface area contributed by atoms with Crippen molar-refractivity contribution in [2.45, 2.75) is 32.9 Å². The van der Waals surface area contributed by atoms with Crippen molar-refractivity contribution in [3.63, 3.8) is 0 Å². The van der Waals surface area contributed by atoms with E-state index in [1.54, 1.807) is 0 Å². The summed E-state index contributed by atoms with van der Waals surface area (Å²) in [6.45, 7) is 5.12. The Hall–Kier alpha value is -3.87. The van der Waals surface area contributed by atoms with E-state index >= 15 is 0 Å². The van der Waals surface area contributed by atoms with Crippen LogP contribution in [-0.2, 0) is 17.9 Å². The Balaban J connectivity index is 1.26. The number of hydrogen-bond acceptors (Lipinski definition) is 4. The maximum atomic E-state index is 13.4. The molecule has 0 atom stereocenters. The number of carbonyl (C=O) groups is 1. The molecule has 7 heteroatoms. The summed E-state index contributed by atoms with van der Waals surface area (Å²) in [6.07, 6.45) is 1.53. The third kappa shape index (κ3) is 5.20. The Morgan fingerprint density at radius 3 is 2.53 bits per heavy atom. The van der Waals surface area contributed by atoms with E-state index in [0.717, 1.165) is 59.8 Å². The van der Waals surface area contributed by atoms with Crippen LogP contribution in [-0.4, -0.2) is 35.2 Å². The van der Waals surface area contributed by atoms with E-state index in [9.17, 15) is 9.18 Å². The number of ether oxygens (including phenoxy) is 1. The van der Waals surface area contributed by atoms with Gasteiger partial charge in [-0.05, 0) is 55.7 Å². The molecule has 1 saturated heterocycles. The van der Waals surface area contributed by atoms with E-state index in [1.807, 2.05) is 61.5 Å². The van der Waals surface area contributed by atoms with Crippen LogP contribution in [0.3, 0.4) is 0 Å². The second-order valence-electron chi connectivity index (χ2n) is 9.13. The number of carbonyl (C=O) groups excluding carboxylic acids is 1. The van der Waals surface area contributed by atoms with Gasteiger partial charge in [0.15, 0.2) is 0 Å². The molecule has 0 unspecified atom stereocenters. The average Bonchev–Trinajstić information content (AvgIpc) is 3.28. The summed E-state index contributed by atoms with van der Waals surface area (Å²) in [6, 6.07) is 22.5. The first kappa shape index (κ1) is 23.9. The summed E-state index contributed by atoms with van der Waals surface area (Å²) in [5, 5.41) is 3.10. The lowest BCUT2D eigenvalue weighted by atomic mass is 9.96. The van der Waals surface area contributed by atoms with E-state index in [2.05, 4.69) is 20.9 Å². The van der Waals surface area contributed by atoms with Crippen LogP contribution >= 0.6 is 0 Å². The molecule has 2 heterocycles. The first-order valence-corrected chi connectivity index (χ1v) is 12.6. The molecule has 4 aromatic rings. The SMILES string of the molecule is CCOc1ccccc1CNC(=O)C1CCN(c2nc3ccccc3n2Cc2ccc(F)cc2)CC1. The number of hydrogen-bond donors (Lipinski definition) is 1. The van der Waals surface area contributed by atoms with E-state index in [4.69, 9.17) is 9.72 Å². The quantitative estimate of drug-likeness (QED) is 0.374. The third-order valence-electron chi connectivity index (χ3n) is 6.76. The van der Waals surface area contributed by atoms with Crippen molar-refractivity contribution in [2.75, 3.05) is 24.6 Å². The van der Waals surface area contributed by atoms with Crippen molar-refractivity contribution in [3.05, 3.63) is 89.7 Å². The van der Waals surface area contributed by atoms with Gasteiger partial charge in [-0.2, -0.15) is 0 Å². The van der Waals surface area contributed by atoms with Crippen LogP contribution in [0.25, 0.3) is 11.0 Å². The van der Waals surface area contributed by atoms with Crippen LogP contribution in [0, 0.1) is 11.7 Å². The number of piperidine rings is 1. The number of nitrogens with one attached hydrogen (secondary N) is 1. The number of fused-ring (bicyclic) bond motifs is 1. The number of halogens is 1. The molecule has 1 aliphatic heterocycles. The van der Waals surface area contributed by atoms with Crippen LogP contribution in [0.5, 0.6) is 5.75 Å². The normalized spacial score (nSPS) is 14.2. The molecule has 186 valence electrons. The summed E-state index contributed by atoms with van der Waals surface area (Å²) in [4.78, 5) is 20.1. The molecule has 0 bridgehead atoms. The van der Waals surface area contributed by atoms with Gasteiger partial charge >= 0.3 is 0 Å². The minimum absolute atomic E-state index is 0.0320. The van der Waals surface area contributed by atoms with Crippen LogP contribution < -0.4 is 15.0 Å². The molecule has 1 N–H and O–H groups in total. The maximum absolute atomic E-state index is 13.4. The summed E-state index contributed by atoms with van der Waals surface area (Å²) in [5.41, 5.74) is 3.98. The van der Waals surface area contributed by atoms with Gasteiger partial charge in [-0.1, -0.05) is 42.5 Å². The Morgan fingerprint density at radius 2 is 1.75 bits per heavy atom. The molecule has 1 amide bonds. The zero-order chi connectivity index (χ0) is 24.9. The number of aromatic nitrogens is 2. The number of rotatable bonds is 8. The van der Waals surface area contributed by atoms with E-state index in [0.29, 0.717) is 19.7 Å². The Kier molecular flexibility index (Phi) is 7.16. The molecule has 6 nitrogen and oxygen atoms in total. The summed E-state index contributed by atoms with van der Waals surface area (Å²) in [7, 11) is 0. The second kappa shape index (κ2) is 10.8. The van der Waals surface area contributed by atoms with Gasteiger partial charge in [0.2, 0.25) is 11.9 Å². The molecule has 0 saturated carbocycles. The van der Waals surface area contributed by atoms with Crippen molar-refractivity contribution < 1.29 is 13.9 Å². The number of nitrogens with zero attached hydrogens (tertiary/aromatic N) is 3. The first-order valence-electron chi connectivity index (χ1n) is 12.6. The lowest BCUT2D eigenvalue weighted by Crippen LogP contribution is -2.41. The predicted molar refractivity (Wildman–Crippen MR) is 140 cm³/mol. The molecule has 36 heavy (non-hydrogen) atoms. The van der Waals surface area contributed by atoms with Crippen LogP contribution in [0.4, 0.5) is 10.3 Å². The third-order valence-corrected chi connectivity index (χ3v) is 6.76. The summed E-state index contributed by atoms with van der Waals surface area (Å²) >= 11 is 0. The van der Waals surface area contributed by atoms with Gasteiger partial charge in [0.05, 0.1) is 24.2 Å². The Morgan fingerprint density at radius 1 is 1.03 bits per heavy atom. The summed E-state index contributed by atoms with van der Waals surface area (Å²) in [5.74, 6) is 1.52. The molecule has 0 aliphatic carbocycles. The maximum Gasteiger partial charge on any atom is 0.223 e. The summed E-state index contributed by atoms with van der Waals surface area (Å²) < 4.78 is 21.3. The molecular formula is C29H31FN4O2. The standard InChI is InChI=1S/C29H31FN4O2/c1-2-36-27-10-6-3-7-23(27)19-31-28(35)22-15-17-33(18-16-22)29-32-25-8-4-5-9-26(25)34(29)20-21-11-13-24(30)14-12-21/h3-14,22H,2,15-20H2,1H3,(H,31,35). The number of amides is 1.